The fourth-order valence-corrected chi connectivity index (χ4v) is 2.79. The van der Waals surface area contributed by atoms with Gasteiger partial charge in [-0.3, -0.25) is 9.89 Å². The Bertz CT molecular complexity index is 671. The second-order valence-corrected chi connectivity index (χ2v) is 6.14. The minimum atomic E-state index is -0.650. The van der Waals surface area contributed by atoms with Crippen LogP contribution in [0.3, 0.4) is 0 Å². The number of amides is 1. The number of aromatic nitrogens is 2. The highest BCUT2D eigenvalue weighted by atomic mass is 79.9. The number of likely N-dealkylation sites (tertiary alicyclic amines) is 1. The van der Waals surface area contributed by atoms with E-state index in [1.807, 2.05) is 24.3 Å². The van der Waals surface area contributed by atoms with Crippen LogP contribution in [0.15, 0.2) is 34.8 Å². The number of halogens is 1. The molecule has 0 spiro atoms. The number of hydrogen-bond acceptors (Lipinski definition) is 4. The molecule has 2 N–H and O–H groups in total. The number of H-pyrrole nitrogens is 1. The molecule has 1 aliphatic rings. The Kier molecular flexibility index (Phi) is 4.28. The number of β-amino-alcohol motifs (C(OH)–C–C–N with tert-alkyl or cyclic N) is 1. The number of carbonyl (C=O) groups excluding carboxylic acids is 1. The van der Waals surface area contributed by atoms with Crippen molar-refractivity contribution in [2.24, 2.45) is 0 Å². The van der Waals surface area contributed by atoms with Crippen LogP contribution in [-0.2, 0) is 4.74 Å². The number of ether oxygens (including phenoxy) is 1. The predicted molar refractivity (Wildman–Crippen MR) is 84.4 cm³/mol. The first kappa shape index (κ1) is 15.2. The van der Waals surface area contributed by atoms with E-state index < -0.39 is 6.10 Å². The smallest absolute Gasteiger partial charge is 0.272 e. The summed E-state index contributed by atoms with van der Waals surface area (Å²) in [4.78, 5) is 14.0. The second kappa shape index (κ2) is 6.20. The van der Waals surface area contributed by atoms with Crippen molar-refractivity contribution in [1.82, 2.24) is 15.1 Å². The average Bonchev–Trinajstić information content (AvgIpc) is 3.14. The molecule has 2 heterocycles. The van der Waals surface area contributed by atoms with Gasteiger partial charge in [0.05, 0.1) is 11.8 Å². The summed E-state index contributed by atoms with van der Waals surface area (Å²) in [5, 5.41) is 16.8. The lowest BCUT2D eigenvalue weighted by molar-refractivity contribution is 0.0215. The standard InChI is InChI=1S/C15H16BrN3O3/c1-22-14-8-19(7-13(14)20)15(21)12-6-11(17-18-12)9-2-4-10(16)5-3-9/h2-6,13-14,20H,7-8H2,1H3,(H,17,18)/t13-,14-/m1/s1. The van der Waals surface area contributed by atoms with Gasteiger partial charge in [0.15, 0.2) is 0 Å². The van der Waals surface area contributed by atoms with Gasteiger partial charge in [-0.1, -0.05) is 28.1 Å². The summed E-state index contributed by atoms with van der Waals surface area (Å²) in [7, 11) is 1.53. The zero-order chi connectivity index (χ0) is 15.7. The SMILES string of the molecule is CO[C@@H]1CN(C(=O)c2cc(-c3ccc(Br)cc3)n[nH]2)C[C@H]1O. The molecule has 3 rings (SSSR count). The normalized spacial score (nSPS) is 21.3. The Balaban J connectivity index is 1.76. The van der Waals surface area contributed by atoms with Gasteiger partial charge in [0.2, 0.25) is 0 Å². The van der Waals surface area contributed by atoms with Gasteiger partial charge < -0.3 is 14.7 Å². The van der Waals surface area contributed by atoms with Crippen molar-refractivity contribution >= 4 is 21.8 Å². The number of benzene rings is 1. The summed E-state index contributed by atoms with van der Waals surface area (Å²) in [6, 6.07) is 9.42. The Morgan fingerprint density at radius 3 is 2.77 bits per heavy atom. The fraction of sp³-hybridized carbons (Fsp3) is 0.333. The molecule has 0 saturated carbocycles. The van der Waals surface area contributed by atoms with E-state index >= 15 is 0 Å². The molecule has 1 aliphatic heterocycles. The molecule has 1 aromatic carbocycles. The van der Waals surface area contributed by atoms with Gasteiger partial charge in [-0.15, -0.1) is 0 Å². The third-order valence-corrected chi connectivity index (χ3v) is 4.30. The number of hydrogen-bond donors (Lipinski definition) is 2. The Morgan fingerprint density at radius 2 is 2.14 bits per heavy atom. The first-order valence-corrected chi connectivity index (χ1v) is 7.69. The third kappa shape index (κ3) is 2.92. The predicted octanol–water partition coefficient (Wildman–Crippen LogP) is 1.67. The number of nitrogens with one attached hydrogen (secondary N) is 1. The van der Waals surface area contributed by atoms with Crippen molar-refractivity contribution in [1.29, 1.82) is 0 Å². The molecule has 0 unspecified atom stereocenters. The van der Waals surface area contributed by atoms with Crippen LogP contribution in [0.1, 0.15) is 10.5 Å². The summed E-state index contributed by atoms with van der Waals surface area (Å²) in [5.74, 6) is -0.186. The number of aromatic amines is 1. The molecule has 116 valence electrons. The summed E-state index contributed by atoms with van der Waals surface area (Å²) in [6.07, 6.45) is -0.986. The molecule has 2 aromatic rings. The highest BCUT2D eigenvalue weighted by molar-refractivity contribution is 9.10. The lowest BCUT2D eigenvalue weighted by Crippen LogP contribution is -2.30. The minimum Gasteiger partial charge on any atom is -0.388 e. The molecule has 0 radical (unpaired) electrons. The van der Waals surface area contributed by atoms with Crippen LogP contribution in [-0.4, -0.2) is 58.5 Å². The molecule has 2 atom stereocenters. The van der Waals surface area contributed by atoms with Gasteiger partial charge in [0, 0.05) is 30.2 Å². The maximum atomic E-state index is 12.4. The maximum absolute atomic E-state index is 12.4. The van der Waals surface area contributed by atoms with Crippen LogP contribution < -0.4 is 0 Å². The lowest BCUT2D eigenvalue weighted by Gasteiger charge is -2.13. The van der Waals surface area contributed by atoms with Crippen molar-refractivity contribution in [2.45, 2.75) is 12.2 Å². The van der Waals surface area contributed by atoms with Crippen molar-refractivity contribution in [3.63, 3.8) is 0 Å². The lowest BCUT2D eigenvalue weighted by atomic mass is 10.1. The molecule has 1 amide bonds. The van der Waals surface area contributed by atoms with E-state index in [9.17, 15) is 9.90 Å². The van der Waals surface area contributed by atoms with Crippen LogP contribution >= 0.6 is 15.9 Å². The average molecular weight is 366 g/mol. The monoisotopic (exact) mass is 365 g/mol. The van der Waals surface area contributed by atoms with Crippen LogP contribution in [0, 0.1) is 0 Å². The molecule has 0 aliphatic carbocycles. The molecule has 22 heavy (non-hydrogen) atoms. The molecule has 7 heteroatoms. The number of rotatable bonds is 3. The number of aliphatic hydroxyl groups excluding tert-OH is 1. The Morgan fingerprint density at radius 1 is 1.41 bits per heavy atom. The molecular formula is C15H16BrN3O3. The molecule has 6 nitrogen and oxygen atoms in total. The van der Waals surface area contributed by atoms with Crippen molar-refractivity contribution in [2.75, 3.05) is 20.2 Å². The van der Waals surface area contributed by atoms with E-state index in [4.69, 9.17) is 4.74 Å². The summed E-state index contributed by atoms with van der Waals surface area (Å²) < 4.78 is 6.14. The number of carbonyl (C=O) groups is 1. The number of methoxy groups -OCH3 is 1. The molecule has 1 aromatic heterocycles. The zero-order valence-electron chi connectivity index (χ0n) is 12.0. The highest BCUT2D eigenvalue weighted by Gasteiger charge is 2.35. The van der Waals surface area contributed by atoms with E-state index in [0.717, 1.165) is 10.0 Å². The minimum absolute atomic E-state index is 0.186. The third-order valence-electron chi connectivity index (χ3n) is 3.78. The Labute approximate surface area is 136 Å². The van der Waals surface area contributed by atoms with E-state index in [0.29, 0.717) is 17.9 Å². The van der Waals surface area contributed by atoms with Gasteiger partial charge in [-0.2, -0.15) is 5.10 Å². The highest BCUT2D eigenvalue weighted by Crippen LogP contribution is 2.22. The zero-order valence-corrected chi connectivity index (χ0v) is 13.6. The van der Waals surface area contributed by atoms with Crippen LogP contribution in [0.4, 0.5) is 0 Å². The van der Waals surface area contributed by atoms with E-state index in [1.165, 1.54) is 7.11 Å². The first-order valence-electron chi connectivity index (χ1n) is 6.90. The molecular weight excluding hydrogens is 350 g/mol. The largest absolute Gasteiger partial charge is 0.388 e. The molecule has 1 saturated heterocycles. The van der Waals surface area contributed by atoms with E-state index in [1.54, 1.807) is 11.0 Å². The van der Waals surface area contributed by atoms with E-state index in [-0.39, 0.29) is 18.6 Å². The second-order valence-electron chi connectivity index (χ2n) is 5.23. The van der Waals surface area contributed by atoms with Gasteiger partial charge >= 0.3 is 0 Å². The number of nitrogens with zero attached hydrogens (tertiary/aromatic N) is 2. The summed E-state index contributed by atoms with van der Waals surface area (Å²) in [6.45, 7) is 0.646. The fourth-order valence-electron chi connectivity index (χ4n) is 2.52. The first-order chi connectivity index (χ1) is 10.6. The van der Waals surface area contributed by atoms with Crippen LogP contribution in [0.25, 0.3) is 11.3 Å². The van der Waals surface area contributed by atoms with Gasteiger partial charge in [0.25, 0.3) is 5.91 Å². The summed E-state index contributed by atoms with van der Waals surface area (Å²) >= 11 is 3.38. The summed E-state index contributed by atoms with van der Waals surface area (Å²) in [5.41, 5.74) is 2.04. The van der Waals surface area contributed by atoms with Crippen molar-refractivity contribution in [3.05, 3.63) is 40.5 Å². The van der Waals surface area contributed by atoms with Crippen LogP contribution in [0.2, 0.25) is 0 Å². The Hall–Kier alpha value is -1.70. The van der Waals surface area contributed by atoms with Crippen molar-refractivity contribution in [3.8, 4) is 11.3 Å². The van der Waals surface area contributed by atoms with Crippen molar-refractivity contribution < 1.29 is 14.6 Å². The molecule has 0 bridgehead atoms. The van der Waals surface area contributed by atoms with Gasteiger partial charge in [0.1, 0.15) is 11.8 Å². The van der Waals surface area contributed by atoms with E-state index in [2.05, 4.69) is 26.1 Å². The van der Waals surface area contributed by atoms with Gasteiger partial charge in [-0.05, 0) is 18.2 Å². The topological polar surface area (TPSA) is 78.5 Å². The van der Waals surface area contributed by atoms with Crippen LogP contribution in [0.5, 0.6) is 0 Å². The van der Waals surface area contributed by atoms with Gasteiger partial charge in [-0.25, -0.2) is 0 Å². The molecule has 1 fully saturated rings. The number of aliphatic hydroxyl groups is 1. The quantitative estimate of drug-likeness (QED) is 0.866. The maximum Gasteiger partial charge on any atom is 0.272 e.